The van der Waals surface area contributed by atoms with E-state index >= 15 is 0 Å². The molecule has 1 saturated heterocycles. The number of hydrogen-bond donors (Lipinski definition) is 0. The Morgan fingerprint density at radius 3 is 2.37 bits per heavy atom. The van der Waals surface area contributed by atoms with Crippen LogP contribution in [0.3, 0.4) is 0 Å². The second-order valence-corrected chi connectivity index (χ2v) is 5.94. The number of carbonyl (C=O) groups excluding carboxylic acids is 1. The molecule has 0 N–H and O–H groups in total. The van der Waals surface area contributed by atoms with E-state index in [4.69, 9.17) is 0 Å². The molecular formula is C16H24N2O. The number of carbonyl (C=O) groups is 1. The van der Waals surface area contributed by atoms with Gasteiger partial charge in [0, 0.05) is 25.8 Å². The summed E-state index contributed by atoms with van der Waals surface area (Å²) in [6.07, 6.45) is 1.23. The Hall–Kier alpha value is -1.51. The van der Waals surface area contributed by atoms with Gasteiger partial charge in [-0.05, 0) is 30.4 Å². The average Bonchev–Trinajstić information content (AvgIpc) is 2.38. The van der Waals surface area contributed by atoms with Crippen LogP contribution in [0.4, 0.5) is 5.69 Å². The van der Waals surface area contributed by atoms with Crippen LogP contribution >= 0.6 is 0 Å². The lowest BCUT2D eigenvalue weighted by molar-refractivity contribution is -0.132. The van der Waals surface area contributed by atoms with Crippen molar-refractivity contribution >= 4 is 11.6 Å². The molecule has 0 unspecified atom stereocenters. The van der Waals surface area contributed by atoms with Gasteiger partial charge in [0.25, 0.3) is 0 Å². The van der Waals surface area contributed by atoms with Crippen molar-refractivity contribution in [1.82, 2.24) is 4.90 Å². The van der Waals surface area contributed by atoms with E-state index < -0.39 is 0 Å². The van der Waals surface area contributed by atoms with Gasteiger partial charge in [0.1, 0.15) is 0 Å². The van der Waals surface area contributed by atoms with E-state index in [1.807, 2.05) is 47.2 Å². The first-order valence-corrected chi connectivity index (χ1v) is 7.10. The smallest absolute Gasteiger partial charge is 0.242 e. The van der Waals surface area contributed by atoms with Gasteiger partial charge in [-0.2, -0.15) is 0 Å². The number of piperidine rings is 1. The summed E-state index contributed by atoms with van der Waals surface area (Å²) >= 11 is 0. The molecule has 0 spiro atoms. The van der Waals surface area contributed by atoms with Gasteiger partial charge in [-0.1, -0.05) is 32.0 Å². The van der Waals surface area contributed by atoms with Gasteiger partial charge in [0.15, 0.2) is 0 Å². The molecule has 0 aliphatic carbocycles. The maximum atomic E-state index is 12.4. The van der Waals surface area contributed by atoms with E-state index in [1.54, 1.807) is 0 Å². The Labute approximate surface area is 116 Å². The standard InChI is InChI=1S/C16H24N2O/c1-13-9-14(2)11-18(10-13)16(19)12-17(3)15-7-5-4-6-8-15/h4-8,13-14H,9-12H2,1-3H3/t13-,14-/m0/s1. The van der Waals surface area contributed by atoms with Crippen molar-refractivity contribution in [2.45, 2.75) is 20.3 Å². The van der Waals surface area contributed by atoms with Crippen LogP contribution in [0.2, 0.25) is 0 Å². The van der Waals surface area contributed by atoms with E-state index in [0.29, 0.717) is 18.4 Å². The molecule has 3 heteroatoms. The summed E-state index contributed by atoms with van der Waals surface area (Å²) in [6.45, 7) is 6.74. The number of para-hydroxylation sites is 1. The summed E-state index contributed by atoms with van der Waals surface area (Å²) in [5.74, 6) is 1.48. The fourth-order valence-corrected chi connectivity index (χ4v) is 2.94. The van der Waals surface area contributed by atoms with Crippen LogP contribution in [-0.2, 0) is 4.79 Å². The third-order valence-electron chi connectivity index (χ3n) is 3.79. The molecule has 19 heavy (non-hydrogen) atoms. The molecule has 0 radical (unpaired) electrons. The lowest BCUT2D eigenvalue weighted by Crippen LogP contribution is -2.46. The van der Waals surface area contributed by atoms with Crippen molar-refractivity contribution in [3.05, 3.63) is 30.3 Å². The van der Waals surface area contributed by atoms with Crippen molar-refractivity contribution in [3.63, 3.8) is 0 Å². The molecule has 1 aliphatic heterocycles. The first kappa shape index (κ1) is 13.9. The minimum absolute atomic E-state index is 0.241. The first-order chi connectivity index (χ1) is 9.06. The minimum Gasteiger partial charge on any atom is -0.365 e. The van der Waals surface area contributed by atoms with Crippen molar-refractivity contribution in [2.75, 3.05) is 31.6 Å². The molecule has 1 aromatic rings. The molecule has 2 rings (SSSR count). The minimum atomic E-state index is 0.241. The van der Waals surface area contributed by atoms with E-state index in [0.717, 1.165) is 18.8 Å². The number of benzene rings is 1. The molecule has 1 aliphatic rings. The predicted octanol–water partition coefficient (Wildman–Crippen LogP) is 2.63. The summed E-state index contributed by atoms with van der Waals surface area (Å²) in [5, 5.41) is 0. The van der Waals surface area contributed by atoms with Gasteiger partial charge in [0.05, 0.1) is 6.54 Å². The van der Waals surface area contributed by atoms with E-state index in [2.05, 4.69) is 13.8 Å². The Bertz CT molecular complexity index is 408. The molecule has 1 heterocycles. The Morgan fingerprint density at radius 1 is 1.21 bits per heavy atom. The SMILES string of the molecule is C[C@H]1C[C@H](C)CN(C(=O)CN(C)c2ccccc2)C1. The number of nitrogens with zero attached hydrogens (tertiary/aromatic N) is 2. The summed E-state index contributed by atoms with van der Waals surface area (Å²) in [6, 6.07) is 10.1. The molecule has 1 amide bonds. The molecule has 0 bridgehead atoms. The number of rotatable bonds is 3. The highest BCUT2D eigenvalue weighted by Crippen LogP contribution is 2.21. The molecule has 104 valence electrons. The Morgan fingerprint density at radius 2 is 1.79 bits per heavy atom. The average molecular weight is 260 g/mol. The number of anilines is 1. The highest BCUT2D eigenvalue weighted by atomic mass is 16.2. The summed E-state index contributed by atoms with van der Waals surface area (Å²) in [5.41, 5.74) is 1.09. The van der Waals surface area contributed by atoms with Crippen LogP contribution in [0.15, 0.2) is 30.3 Å². The van der Waals surface area contributed by atoms with E-state index in [9.17, 15) is 4.79 Å². The number of likely N-dealkylation sites (tertiary alicyclic amines) is 1. The van der Waals surface area contributed by atoms with Crippen LogP contribution in [0.5, 0.6) is 0 Å². The second-order valence-electron chi connectivity index (χ2n) is 5.94. The number of hydrogen-bond acceptors (Lipinski definition) is 2. The zero-order valence-corrected chi connectivity index (χ0v) is 12.2. The fraction of sp³-hybridized carbons (Fsp3) is 0.562. The third-order valence-corrected chi connectivity index (χ3v) is 3.79. The summed E-state index contributed by atoms with van der Waals surface area (Å²) < 4.78 is 0. The van der Waals surface area contributed by atoms with Crippen LogP contribution < -0.4 is 4.90 Å². The molecule has 0 saturated carbocycles. The predicted molar refractivity (Wildman–Crippen MR) is 79.2 cm³/mol. The lowest BCUT2D eigenvalue weighted by atomic mass is 9.92. The quantitative estimate of drug-likeness (QED) is 0.834. The molecule has 0 aromatic heterocycles. The van der Waals surface area contributed by atoms with Gasteiger partial charge in [-0.15, -0.1) is 0 Å². The molecule has 1 fully saturated rings. The Balaban J connectivity index is 1.93. The van der Waals surface area contributed by atoms with Crippen LogP contribution in [0.25, 0.3) is 0 Å². The fourth-order valence-electron chi connectivity index (χ4n) is 2.94. The molecule has 1 aromatic carbocycles. The molecule has 2 atom stereocenters. The normalized spacial score (nSPS) is 23.2. The Kier molecular flexibility index (Phi) is 4.46. The van der Waals surface area contributed by atoms with Gasteiger partial charge in [0.2, 0.25) is 5.91 Å². The number of amides is 1. The highest BCUT2D eigenvalue weighted by molar-refractivity contribution is 5.81. The van der Waals surface area contributed by atoms with Crippen molar-refractivity contribution in [3.8, 4) is 0 Å². The maximum Gasteiger partial charge on any atom is 0.242 e. The summed E-state index contributed by atoms with van der Waals surface area (Å²) in [4.78, 5) is 16.4. The zero-order chi connectivity index (χ0) is 13.8. The summed E-state index contributed by atoms with van der Waals surface area (Å²) in [7, 11) is 1.98. The number of likely N-dealkylation sites (N-methyl/N-ethyl adjacent to an activating group) is 1. The zero-order valence-electron chi connectivity index (χ0n) is 12.2. The highest BCUT2D eigenvalue weighted by Gasteiger charge is 2.25. The van der Waals surface area contributed by atoms with Crippen molar-refractivity contribution < 1.29 is 4.79 Å². The van der Waals surface area contributed by atoms with Crippen molar-refractivity contribution in [2.24, 2.45) is 11.8 Å². The monoisotopic (exact) mass is 260 g/mol. The van der Waals surface area contributed by atoms with Gasteiger partial charge in [-0.25, -0.2) is 0 Å². The maximum absolute atomic E-state index is 12.4. The topological polar surface area (TPSA) is 23.6 Å². The first-order valence-electron chi connectivity index (χ1n) is 7.10. The van der Waals surface area contributed by atoms with E-state index in [1.165, 1.54) is 6.42 Å². The molecule has 3 nitrogen and oxygen atoms in total. The van der Waals surface area contributed by atoms with Crippen LogP contribution in [0.1, 0.15) is 20.3 Å². The van der Waals surface area contributed by atoms with Crippen LogP contribution in [0, 0.1) is 11.8 Å². The van der Waals surface area contributed by atoms with Gasteiger partial charge < -0.3 is 9.80 Å². The van der Waals surface area contributed by atoms with Gasteiger partial charge >= 0.3 is 0 Å². The van der Waals surface area contributed by atoms with Crippen LogP contribution in [-0.4, -0.2) is 37.5 Å². The van der Waals surface area contributed by atoms with Crippen molar-refractivity contribution in [1.29, 1.82) is 0 Å². The van der Waals surface area contributed by atoms with E-state index in [-0.39, 0.29) is 5.91 Å². The van der Waals surface area contributed by atoms with Gasteiger partial charge in [-0.3, -0.25) is 4.79 Å². The second kappa shape index (κ2) is 6.09. The largest absolute Gasteiger partial charge is 0.365 e. The molecular weight excluding hydrogens is 236 g/mol. The lowest BCUT2D eigenvalue weighted by Gasteiger charge is -2.36. The third kappa shape index (κ3) is 3.72.